The molecule has 0 aromatic heterocycles. The quantitative estimate of drug-likeness (QED) is 0.573. The molecule has 0 aromatic rings. The first-order chi connectivity index (χ1) is 4.13. The molecule has 0 spiro atoms. The molecule has 0 aromatic carbocycles. The average molecular weight is 150 g/mol. The molecule has 0 fully saturated rings. The van der Waals surface area contributed by atoms with E-state index in [9.17, 15) is 9.36 Å². The lowest BCUT2D eigenvalue weighted by atomic mass is 10.3. The van der Waals surface area contributed by atoms with Crippen molar-refractivity contribution in [1.29, 1.82) is 0 Å². The van der Waals surface area contributed by atoms with Crippen LogP contribution in [0.15, 0.2) is 0 Å². The number of carbonyl (C=O) groups is 1. The molecular weight excluding hydrogens is 141 g/mol. The number of nitrogens with two attached hydrogens (primary N) is 1. The highest BCUT2D eigenvalue weighted by Crippen LogP contribution is 2.09. The van der Waals surface area contributed by atoms with E-state index >= 15 is 0 Å². The van der Waals surface area contributed by atoms with Crippen molar-refractivity contribution in [2.45, 2.75) is 12.8 Å². The van der Waals surface area contributed by atoms with E-state index in [1.165, 1.54) is 0 Å². The molecule has 0 saturated heterocycles. The van der Waals surface area contributed by atoms with E-state index in [-0.39, 0.29) is 6.42 Å². The molecule has 1 unspecified atom stereocenters. The standard InChI is InChI=1S/C4H8NO3P/c5-9(8)3-1-2-4(6)7/h1-3H2,(H2-,5,6,7,8)/p+1. The summed E-state index contributed by atoms with van der Waals surface area (Å²) < 4.78 is 10.2. The first-order valence-electron chi connectivity index (χ1n) is 2.54. The summed E-state index contributed by atoms with van der Waals surface area (Å²) in [5.41, 5.74) is 4.89. The summed E-state index contributed by atoms with van der Waals surface area (Å²) in [7, 11) is -1.64. The van der Waals surface area contributed by atoms with Crippen LogP contribution in [0.3, 0.4) is 0 Å². The van der Waals surface area contributed by atoms with E-state index in [0.717, 1.165) is 0 Å². The first kappa shape index (κ1) is 8.53. The second kappa shape index (κ2) is 4.41. The minimum Gasteiger partial charge on any atom is -0.481 e. The van der Waals surface area contributed by atoms with Gasteiger partial charge in [0.25, 0.3) is 0 Å². The Bertz CT molecular complexity index is 111. The van der Waals surface area contributed by atoms with E-state index in [2.05, 4.69) is 0 Å². The first-order valence-corrected chi connectivity index (χ1v) is 4.05. The van der Waals surface area contributed by atoms with Crippen LogP contribution in [0.1, 0.15) is 12.8 Å². The van der Waals surface area contributed by atoms with Crippen molar-refractivity contribution in [2.75, 3.05) is 6.16 Å². The van der Waals surface area contributed by atoms with Gasteiger partial charge in [-0.3, -0.25) is 4.79 Å². The van der Waals surface area contributed by atoms with Crippen LogP contribution < -0.4 is 5.50 Å². The van der Waals surface area contributed by atoms with E-state index in [0.29, 0.717) is 12.6 Å². The van der Waals surface area contributed by atoms with Gasteiger partial charge in [0.1, 0.15) is 0 Å². The van der Waals surface area contributed by atoms with Crippen molar-refractivity contribution in [3.05, 3.63) is 0 Å². The van der Waals surface area contributed by atoms with Gasteiger partial charge in [-0.05, 0) is 0 Å². The van der Waals surface area contributed by atoms with Gasteiger partial charge < -0.3 is 5.11 Å². The van der Waals surface area contributed by atoms with Crippen molar-refractivity contribution < 1.29 is 14.5 Å². The summed E-state index contributed by atoms with van der Waals surface area (Å²) in [6.45, 7) is 0. The molecule has 0 amide bonds. The second-order valence-corrected chi connectivity index (χ2v) is 2.92. The van der Waals surface area contributed by atoms with Crippen molar-refractivity contribution in [2.24, 2.45) is 5.50 Å². The number of aliphatic carboxylic acids is 1. The monoisotopic (exact) mass is 150 g/mol. The Labute approximate surface area is 53.9 Å². The summed E-state index contributed by atoms with van der Waals surface area (Å²) in [6.07, 6.45) is 0.765. The van der Waals surface area contributed by atoms with Crippen LogP contribution in [-0.2, 0) is 9.36 Å². The Balaban J connectivity index is 3.10. The molecule has 0 aliphatic rings. The SMILES string of the molecule is N[P+](=O)CCCC(=O)O. The molecule has 5 heteroatoms. The van der Waals surface area contributed by atoms with Crippen LogP contribution >= 0.6 is 7.95 Å². The van der Waals surface area contributed by atoms with E-state index < -0.39 is 13.9 Å². The molecule has 0 bridgehead atoms. The normalized spacial score (nSPS) is 11.0. The van der Waals surface area contributed by atoms with Crippen LogP contribution in [0.5, 0.6) is 0 Å². The van der Waals surface area contributed by atoms with Crippen molar-refractivity contribution in [3.8, 4) is 0 Å². The second-order valence-electron chi connectivity index (χ2n) is 1.64. The fourth-order valence-corrected chi connectivity index (χ4v) is 0.856. The van der Waals surface area contributed by atoms with Crippen LogP contribution in [0.2, 0.25) is 0 Å². The van der Waals surface area contributed by atoms with Gasteiger partial charge in [-0.15, -0.1) is 5.50 Å². The van der Waals surface area contributed by atoms with Gasteiger partial charge >= 0.3 is 13.9 Å². The zero-order valence-corrected chi connectivity index (χ0v) is 5.80. The van der Waals surface area contributed by atoms with Gasteiger partial charge in [0.05, 0.1) is 0 Å². The van der Waals surface area contributed by atoms with Crippen LogP contribution in [0, 0.1) is 0 Å². The van der Waals surface area contributed by atoms with E-state index in [1.54, 1.807) is 0 Å². The molecule has 0 saturated carbocycles. The summed E-state index contributed by atoms with van der Waals surface area (Å²) >= 11 is 0. The fraction of sp³-hybridized carbons (Fsp3) is 0.750. The highest BCUT2D eigenvalue weighted by molar-refractivity contribution is 7.41. The zero-order valence-electron chi connectivity index (χ0n) is 4.91. The summed E-state index contributed by atoms with van der Waals surface area (Å²) in [5.74, 6) is -0.869. The summed E-state index contributed by atoms with van der Waals surface area (Å²) in [4.78, 5) is 9.85. The number of carboxylic acids is 1. The molecule has 0 aliphatic carbocycles. The Hall–Kier alpha value is -0.470. The molecule has 0 rings (SSSR count). The third kappa shape index (κ3) is 7.53. The number of hydrogen-bond donors (Lipinski definition) is 2. The molecule has 3 N–H and O–H groups in total. The molecule has 52 valence electrons. The minimum absolute atomic E-state index is 0.0538. The van der Waals surface area contributed by atoms with Crippen LogP contribution in [0.4, 0.5) is 0 Å². The Morgan fingerprint density at radius 2 is 2.22 bits per heavy atom. The highest BCUT2D eigenvalue weighted by atomic mass is 31.1. The Morgan fingerprint density at radius 1 is 1.67 bits per heavy atom. The Morgan fingerprint density at radius 3 is 2.56 bits per heavy atom. The van der Waals surface area contributed by atoms with Crippen LogP contribution in [0.25, 0.3) is 0 Å². The topological polar surface area (TPSA) is 80.4 Å². The molecule has 1 atom stereocenters. The van der Waals surface area contributed by atoms with E-state index in [4.69, 9.17) is 10.6 Å². The number of rotatable bonds is 4. The van der Waals surface area contributed by atoms with Gasteiger partial charge in [0.2, 0.25) is 0 Å². The predicted molar refractivity (Wildman–Crippen MR) is 33.5 cm³/mol. The molecule has 9 heavy (non-hydrogen) atoms. The maximum absolute atomic E-state index is 10.2. The van der Waals surface area contributed by atoms with Gasteiger partial charge in [-0.2, -0.15) is 0 Å². The van der Waals surface area contributed by atoms with Crippen molar-refractivity contribution >= 4 is 13.9 Å². The lowest BCUT2D eigenvalue weighted by Crippen LogP contribution is -1.96. The van der Waals surface area contributed by atoms with Crippen molar-refractivity contribution in [1.82, 2.24) is 0 Å². The summed E-state index contributed by atoms with van der Waals surface area (Å²) in [6, 6.07) is 0. The lowest BCUT2D eigenvalue weighted by molar-refractivity contribution is -0.137. The highest BCUT2D eigenvalue weighted by Gasteiger charge is 2.07. The lowest BCUT2D eigenvalue weighted by Gasteiger charge is -1.83. The number of hydrogen-bond acceptors (Lipinski definition) is 2. The fourth-order valence-electron chi connectivity index (χ4n) is 0.386. The van der Waals surface area contributed by atoms with E-state index in [1.807, 2.05) is 0 Å². The molecule has 0 heterocycles. The smallest absolute Gasteiger partial charge is 0.429 e. The van der Waals surface area contributed by atoms with Gasteiger partial charge in [-0.1, -0.05) is 4.57 Å². The maximum atomic E-state index is 10.2. The third-order valence-corrected chi connectivity index (χ3v) is 1.53. The van der Waals surface area contributed by atoms with Crippen molar-refractivity contribution in [3.63, 3.8) is 0 Å². The molecule has 0 radical (unpaired) electrons. The van der Waals surface area contributed by atoms with Crippen LogP contribution in [-0.4, -0.2) is 17.2 Å². The molecule has 4 nitrogen and oxygen atoms in total. The van der Waals surface area contributed by atoms with Gasteiger partial charge in [0, 0.05) is 12.8 Å². The predicted octanol–water partition coefficient (Wildman–Crippen LogP) is 0.552. The van der Waals surface area contributed by atoms with Gasteiger partial charge in [-0.25, -0.2) is 0 Å². The largest absolute Gasteiger partial charge is 0.481 e. The minimum atomic E-state index is -1.64. The Kier molecular flexibility index (Phi) is 4.18. The molecule has 0 aliphatic heterocycles. The number of carboxylic acid groups (broad SMARTS) is 1. The third-order valence-electron chi connectivity index (χ3n) is 0.769. The maximum Gasteiger partial charge on any atom is 0.429 e. The average Bonchev–Trinajstić information content (AvgIpc) is 1.63. The molecular formula is C4H9NO3P+. The zero-order chi connectivity index (χ0) is 7.28. The summed E-state index contributed by atoms with van der Waals surface area (Å²) in [5, 5.41) is 8.09. The van der Waals surface area contributed by atoms with Gasteiger partial charge in [0.15, 0.2) is 6.16 Å².